The molecule has 1 aliphatic rings. The first kappa shape index (κ1) is 11.6. The van der Waals surface area contributed by atoms with Gasteiger partial charge >= 0.3 is 0 Å². The molecule has 16 heavy (non-hydrogen) atoms. The molecule has 0 amide bonds. The van der Waals surface area contributed by atoms with Crippen LogP contribution in [0.2, 0.25) is 0 Å². The zero-order valence-electron chi connectivity index (χ0n) is 10.3. The first-order valence-corrected chi connectivity index (χ1v) is 6.28. The molecule has 1 heterocycles. The van der Waals surface area contributed by atoms with Gasteiger partial charge in [0, 0.05) is 25.7 Å². The summed E-state index contributed by atoms with van der Waals surface area (Å²) in [5.41, 5.74) is 2.85. The lowest BCUT2D eigenvalue weighted by molar-refractivity contribution is 0.430. The van der Waals surface area contributed by atoms with E-state index in [1.165, 1.54) is 17.5 Å². The minimum Gasteiger partial charge on any atom is -0.314 e. The third-order valence-electron chi connectivity index (χ3n) is 3.07. The summed E-state index contributed by atoms with van der Waals surface area (Å²) in [5, 5.41) is 6.95. The monoisotopic (exact) mass is 218 g/mol. The van der Waals surface area contributed by atoms with Crippen LogP contribution in [0.4, 0.5) is 0 Å². The number of piperazine rings is 1. The van der Waals surface area contributed by atoms with Crippen molar-refractivity contribution in [1.82, 2.24) is 10.6 Å². The maximum atomic E-state index is 3.53. The lowest BCUT2D eigenvalue weighted by Gasteiger charge is -2.25. The Labute approximate surface area is 98.4 Å². The van der Waals surface area contributed by atoms with Gasteiger partial charge in [0.25, 0.3) is 0 Å². The Balaban J connectivity index is 2.00. The highest BCUT2D eigenvalue weighted by Gasteiger charge is 2.13. The molecule has 2 heteroatoms. The van der Waals surface area contributed by atoms with E-state index in [2.05, 4.69) is 48.7 Å². The molecule has 1 fully saturated rings. The smallest absolute Gasteiger partial charge is 0.0447 e. The van der Waals surface area contributed by atoms with Gasteiger partial charge in [0.15, 0.2) is 0 Å². The molecule has 0 saturated carbocycles. The van der Waals surface area contributed by atoms with E-state index >= 15 is 0 Å². The molecule has 1 aromatic rings. The van der Waals surface area contributed by atoms with Gasteiger partial charge in [0.1, 0.15) is 0 Å². The van der Waals surface area contributed by atoms with E-state index in [1.54, 1.807) is 0 Å². The van der Waals surface area contributed by atoms with Crippen LogP contribution >= 0.6 is 0 Å². The number of hydrogen-bond acceptors (Lipinski definition) is 2. The largest absolute Gasteiger partial charge is 0.314 e. The predicted molar refractivity (Wildman–Crippen MR) is 68.6 cm³/mol. The molecule has 0 aliphatic carbocycles. The molecule has 1 unspecified atom stereocenters. The van der Waals surface area contributed by atoms with Gasteiger partial charge in [-0.3, -0.25) is 0 Å². The van der Waals surface area contributed by atoms with Crippen molar-refractivity contribution in [3.05, 3.63) is 35.4 Å². The zero-order valence-corrected chi connectivity index (χ0v) is 10.3. The van der Waals surface area contributed by atoms with Gasteiger partial charge < -0.3 is 10.6 Å². The molecule has 1 aromatic carbocycles. The van der Waals surface area contributed by atoms with Gasteiger partial charge in [-0.2, -0.15) is 0 Å². The highest BCUT2D eigenvalue weighted by Crippen LogP contribution is 2.16. The Morgan fingerprint density at radius 3 is 2.50 bits per heavy atom. The van der Waals surface area contributed by atoms with Crippen molar-refractivity contribution >= 4 is 0 Å². The lowest BCUT2D eigenvalue weighted by Crippen LogP contribution is -2.42. The second kappa shape index (κ2) is 5.46. The number of nitrogens with one attached hydrogen (secondary N) is 2. The average molecular weight is 218 g/mol. The number of benzene rings is 1. The van der Waals surface area contributed by atoms with Crippen molar-refractivity contribution in [2.24, 2.45) is 5.92 Å². The molecule has 88 valence electrons. The minimum absolute atomic E-state index is 0.488. The first-order chi connectivity index (χ1) is 7.75. The maximum absolute atomic E-state index is 3.53. The second-order valence-corrected chi connectivity index (χ2v) is 5.05. The molecule has 1 atom stereocenters. The number of rotatable bonds is 3. The second-order valence-electron chi connectivity index (χ2n) is 5.05. The van der Waals surface area contributed by atoms with Gasteiger partial charge in [-0.15, -0.1) is 0 Å². The molecular formula is C14H22N2. The Bertz CT molecular complexity index is 310. The van der Waals surface area contributed by atoms with Crippen LogP contribution in [0.1, 0.15) is 31.0 Å². The van der Waals surface area contributed by atoms with Crippen molar-refractivity contribution in [2.75, 3.05) is 19.6 Å². The molecule has 1 saturated heterocycles. The maximum Gasteiger partial charge on any atom is 0.0447 e. The van der Waals surface area contributed by atoms with Crippen molar-refractivity contribution < 1.29 is 0 Å². The lowest BCUT2D eigenvalue weighted by atomic mass is 9.99. The summed E-state index contributed by atoms with van der Waals surface area (Å²) < 4.78 is 0. The van der Waals surface area contributed by atoms with Crippen LogP contribution in [0.3, 0.4) is 0 Å². The van der Waals surface area contributed by atoms with Crippen LogP contribution in [-0.2, 0) is 6.42 Å². The molecule has 2 nitrogen and oxygen atoms in total. The number of hydrogen-bond donors (Lipinski definition) is 2. The molecule has 0 radical (unpaired) electrons. The van der Waals surface area contributed by atoms with E-state index in [0.717, 1.165) is 25.6 Å². The summed E-state index contributed by atoms with van der Waals surface area (Å²) in [6.07, 6.45) is 1.18. The Hall–Kier alpha value is -0.860. The van der Waals surface area contributed by atoms with E-state index < -0.39 is 0 Å². The fraction of sp³-hybridized carbons (Fsp3) is 0.571. The highest BCUT2D eigenvalue weighted by atomic mass is 15.1. The Morgan fingerprint density at radius 1 is 1.19 bits per heavy atom. The third kappa shape index (κ3) is 3.06. The summed E-state index contributed by atoms with van der Waals surface area (Å²) in [4.78, 5) is 0. The van der Waals surface area contributed by atoms with E-state index in [0.29, 0.717) is 6.04 Å². The van der Waals surface area contributed by atoms with Crippen LogP contribution < -0.4 is 10.6 Å². The molecular weight excluding hydrogens is 196 g/mol. The topological polar surface area (TPSA) is 24.1 Å². The van der Waals surface area contributed by atoms with Crippen LogP contribution in [0.5, 0.6) is 0 Å². The molecule has 0 bridgehead atoms. The molecule has 0 spiro atoms. The summed E-state index contributed by atoms with van der Waals surface area (Å²) in [6, 6.07) is 9.56. The average Bonchev–Trinajstić information content (AvgIpc) is 2.30. The van der Waals surface area contributed by atoms with Crippen molar-refractivity contribution in [2.45, 2.75) is 26.3 Å². The van der Waals surface area contributed by atoms with Crippen LogP contribution in [0.15, 0.2) is 24.3 Å². The molecule has 2 rings (SSSR count). The van der Waals surface area contributed by atoms with Crippen LogP contribution in [-0.4, -0.2) is 19.6 Å². The normalized spacial score (nSPS) is 21.3. The summed E-state index contributed by atoms with van der Waals surface area (Å²) in [7, 11) is 0. The standard InChI is InChI=1S/C14H22N2/c1-11(2)9-12-3-5-13(6-4-12)14-10-15-7-8-16-14/h3-6,11,14-16H,7-10H2,1-2H3. The zero-order chi connectivity index (χ0) is 11.4. The highest BCUT2D eigenvalue weighted by molar-refractivity contribution is 5.26. The summed E-state index contributed by atoms with van der Waals surface area (Å²) >= 11 is 0. The fourth-order valence-corrected chi connectivity index (χ4v) is 2.25. The van der Waals surface area contributed by atoms with E-state index in [9.17, 15) is 0 Å². The summed E-state index contributed by atoms with van der Waals surface area (Å²) in [6.45, 7) is 7.73. The molecule has 1 aliphatic heterocycles. The van der Waals surface area contributed by atoms with Crippen molar-refractivity contribution in [3.63, 3.8) is 0 Å². The van der Waals surface area contributed by atoms with Crippen molar-refractivity contribution in [1.29, 1.82) is 0 Å². The van der Waals surface area contributed by atoms with Gasteiger partial charge in [0.2, 0.25) is 0 Å². The van der Waals surface area contributed by atoms with Gasteiger partial charge in [0.05, 0.1) is 0 Å². The SMILES string of the molecule is CC(C)Cc1ccc(C2CNCCN2)cc1. The van der Waals surface area contributed by atoms with Gasteiger partial charge in [-0.1, -0.05) is 38.1 Å². The van der Waals surface area contributed by atoms with E-state index in [-0.39, 0.29) is 0 Å². The third-order valence-corrected chi connectivity index (χ3v) is 3.07. The van der Waals surface area contributed by atoms with Gasteiger partial charge in [-0.25, -0.2) is 0 Å². The quantitative estimate of drug-likeness (QED) is 0.812. The van der Waals surface area contributed by atoms with E-state index in [1.807, 2.05) is 0 Å². The Kier molecular flexibility index (Phi) is 3.97. The molecule has 2 N–H and O–H groups in total. The van der Waals surface area contributed by atoms with Crippen LogP contribution in [0, 0.1) is 5.92 Å². The van der Waals surface area contributed by atoms with Crippen LogP contribution in [0.25, 0.3) is 0 Å². The predicted octanol–water partition coefficient (Wildman–Crippen LogP) is 2.12. The van der Waals surface area contributed by atoms with Gasteiger partial charge in [-0.05, 0) is 23.5 Å². The summed E-state index contributed by atoms with van der Waals surface area (Å²) in [5.74, 6) is 0.736. The van der Waals surface area contributed by atoms with Crippen molar-refractivity contribution in [3.8, 4) is 0 Å². The fourth-order valence-electron chi connectivity index (χ4n) is 2.25. The molecule has 0 aromatic heterocycles. The van der Waals surface area contributed by atoms with E-state index in [4.69, 9.17) is 0 Å². The Morgan fingerprint density at radius 2 is 1.94 bits per heavy atom. The minimum atomic E-state index is 0.488. The first-order valence-electron chi connectivity index (χ1n) is 6.28.